The fourth-order valence-corrected chi connectivity index (χ4v) is 2.26. The molecule has 3 heteroatoms. The van der Waals surface area contributed by atoms with Crippen LogP contribution >= 0.6 is 0 Å². The third-order valence-electron chi connectivity index (χ3n) is 3.15. The van der Waals surface area contributed by atoms with Crippen LogP contribution in [0.15, 0.2) is 0 Å². The van der Waals surface area contributed by atoms with Gasteiger partial charge in [0.2, 0.25) is 0 Å². The molecule has 1 aliphatic carbocycles. The Bertz CT molecular complexity index is 146. The number of ether oxygens (including phenoxy) is 1. The Morgan fingerprint density at radius 1 is 1.43 bits per heavy atom. The monoisotopic (exact) mass is 200 g/mol. The molecular formula is C11H24N2O. The lowest BCUT2D eigenvalue weighted by molar-refractivity contribution is 0.0619. The van der Waals surface area contributed by atoms with Gasteiger partial charge >= 0.3 is 0 Å². The molecule has 0 aromatic heterocycles. The zero-order valence-electron chi connectivity index (χ0n) is 9.54. The van der Waals surface area contributed by atoms with Crippen molar-refractivity contribution in [2.75, 3.05) is 26.7 Å². The minimum atomic E-state index is 0.321. The first kappa shape index (κ1) is 12.0. The molecule has 0 amide bonds. The van der Waals surface area contributed by atoms with E-state index in [1.54, 1.807) is 7.11 Å². The van der Waals surface area contributed by atoms with Crippen molar-refractivity contribution >= 4 is 0 Å². The van der Waals surface area contributed by atoms with E-state index in [-0.39, 0.29) is 0 Å². The first-order chi connectivity index (χ1) is 6.77. The second-order valence-corrected chi connectivity index (χ2v) is 4.27. The van der Waals surface area contributed by atoms with Gasteiger partial charge in [-0.05, 0) is 19.8 Å². The summed E-state index contributed by atoms with van der Waals surface area (Å²) in [7, 11) is 1.78. The molecule has 0 radical (unpaired) electrons. The first-order valence-corrected chi connectivity index (χ1v) is 5.74. The lowest BCUT2D eigenvalue weighted by Crippen LogP contribution is -2.41. The molecule has 0 aromatic carbocycles. The summed E-state index contributed by atoms with van der Waals surface area (Å²) in [6.45, 7) is 4.92. The highest BCUT2D eigenvalue weighted by Gasteiger charge is 2.22. The Labute approximate surface area is 87.6 Å². The number of nitrogens with zero attached hydrogens (tertiary/aromatic N) is 1. The SMILES string of the molecule is COC(C)CN(CCN)C1CCCC1. The second-order valence-electron chi connectivity index (χ2n) is 4.27. The Balaban J connectivity index is 2.36. The summed E-state index contributed by atoms with van der Waals surface area (Å²) < 4.78 is 5.30. The molecule has 0 aromatic rings. The van der Waals surface area contributed by atoms with Crippen LogP contribution in [0.5, 0.6) is 0 Å². The topological polar surface area (TPSA) is 38.5 Å². The molecular weight excluding hydrogens is 176 g/mol. The van der Waals surface area contributed by atoms with E-state index in [0.29, 0.717) is 6.10 Å². The summed E-state index contributed by atoms with van der Waals surface area (Å²) in [6.07, 6.45) is 5.77. The quantitative estimate of drug-likeness (QED) is 0.701. The van der Waals surface area contributed by atoms with Crippen LogP contribution < -0.4 is 5.73 Å². The molecule has 0 spiro atoms. The van der Waals surface area contributed by atoms with Crippen LogP contribution in [0, 0.1) is 0 Å². The third kappa shape index (κ3) is 3.56. The normalized spacial score (nSPS) is 20.6. The van der Waals surface area contributed by atoms with E-state index in [4.69, 9.17) is 10.5 Å². The lowest BCUT2D eigenvalue weighted by atomic mass is 10.2. The second kappa shape index (κ2) is 6.38. The molecule has 14 heavy (non-hydrogen) atoms. The smallest absolute Gasteiger partial charge is 0.0670 e. The molecule has 0 aliphatic heterocycles. The van der Waals surface area contributed by atoms with Gasteiger partial charge in [-0.25, -0.2) is 0 Å². The van der Waals surface area contributed by atoms with Crippen LogP contribution in [0.2, 0.25) is 0 Å². The van der Waals surface area contributed by atoms with Crippen molar-refractivity contribution in [1.29, 1.82) is 0 Å². The zero-order chi connectivity index (χ0) is 10.4. The summed E-state index contributed by atoms with van der Waals surface area (Å²) in [5, 5.41) is 0. The van der Waals surface area contributed by atoms with E-state index in [9.17, 15) is 0 Å². The van der Waals surface area contributed by atoms with Crippen LogP contribution in [0.3, 0.4) is 0 Å². The van der Waals surface area contributed by atoms with E-state index in [0.717, 1.165) is 25.7 Å². The molecule has 1 aliphatic rings. The molecule has 2 N–H and O–H groups in total. The maximum absolute atomic E-state index is 5.63. The highest BCUT2D eigenvalue weighted by molar-refractivity contribution is 4.78. The number of rotatable bonds is 6. The molecule has 3 nitrogen and oxygen atoms in total. The predicted molar refractivity (Wildman–Crippen MR) is 59.4 cm³/mol. The molecule has 0 saturated heterocycles. The maximum atomic E-state index is 5.63. The van der Waals surface area contributed by atoms with E-state index in [2.05, 4.69) is 11.8 Å². The number of methoxy groups -OCH3 is 1. The minimum absolute atomic E-state index is 0.321. The molecule has 0 bridgehead atoms. The van der Waals surface area contributed by atoms with Crippen LogP contribution in [-0.2, 0) is 4.74 Å². The van der Waals surface area contributed by atoms with Gasteiger partial charge in [-0.2, -0.15) is 0 Å². The summed E-state index contributed by atoms with van der Waals surface area (Å²) >= 11 is 0. The highest BCUT2D eigenvalue weighted by Crippen LogP contribution is 2.23. The number of hydrogen-bond acceptors (Lipinski definition) is 3. The van der Waals surface area contributed by atoms with Gasteiger partial charge in [-0.1, -0.05) is 12.8 Å². The Kier molecular flexibility index (Phi) is 5.45. The average molecular weight is 200 g/mol. The van der Waals surface area contributed by atoms with Gasteiger partial charge in [0.15, 0.2) is 0 Å². The summed E-state index contributed by atoms with van der Waals surface area (Å²) in [4.78, 5) is 2.50. The van der Waals surface area contributed by atoms with Gasteiger partial charge in [0.05, 0.1) is 6.10 Å². The third-order valence-corrected chi connectivity index (χ3v) is 3.15. The number of nitrogens with two attached hydrogens (primary N) is 1. The van der Waals surface area contributed by atoms with Crippen LogP contribution in [-0.4, -0.2) is 43.8 Å². The van der Waals surface area contributed by atoms with Gasteiger partial charge in [0.25, 0.3) is 0 Å². The van der Waals surface area contributed by atoms with Crippen molar-refractivity contribution in [3.63, 3.8) is 0 Å². The van der Waals surface area contributed by atoms with Gasteiger partial charge in [-0.15, -0.1) is 0 Å². The van der Waals surface area contributed by atoms with Crippen molar-refractivity contribution in [3.05, 3.63) is 0 Å². The standard InChI is InChI=1S/C11H24N2O/c1-10(14-2)9-13(8-7-12)11-5-3-4-6-11/h10-11H,3-9,12H2,1-2H3. The lowest BCUT2D eigenvalue weighted by Gasteiger charge is -2.30. The zero-order valence-corrected chi connectivity index (χ0v) is 9.54. The van der Waals surface area contributed by atoms with Gasteiger partial charge in [-0.3, -0.25) is 4.90 Å². The molecule has 1 fully saturated rings. The minimum Gasteiger partial charge on any atom is -0.380 e. The Morgan fingerprint density at radius 2 is 2.07 bits per heavy atom. The van der Waals surface area contributed by atoms with E-state index in [1.807, 2.05) is 0 Å². The van der Waals surface area contributed by atoms with Gasteiger partial charge in [0, 0.05) is 32.8 Å². The molecule has 1 atom stereocenters. The van der Waals surface area contributed by atoms with Crippen LogP contribution in [0.1, 0.15) is 32.6 Å². The summed E-state index contributed by atoms with van der Waals surface area (Å²) in [5.74, 6) is 0. The highest BCUT2D eigenvalue weighted by atomic mass is 16.5. The number of hydrogen-bond donors (Lipinski definition) is 1. The maximum Gasteiger partial charge on any atom is 0.0670 e. The predicted octanol–water partition coefficient (Wildman–Crippen LogP) is 1.22. The van der Waals surface area contributed by atoms with Crippen molar-refractivity contribution in [2.24, 2.45) is 5.73 Å². The van der Waals surface area contributed by atoms with E-state index in [1.165, 1.54) is 25.7 Å². The van der Waals surface area contributed by atoms with Crippen molar-refractivity contribution in [3.8, 4) is 0 Å². The van der Waals surface area contributed by atoms with E-state index >= 15 is 0 Å². The fourth-order valence-electron chi connectivity index (χ4n) is 2.26. The summed E-state index contributed by atoms with van der Waals surface area (Å²) in [6, 6.07) is 0.760. The van der Waals surface area contributed by atoms with Crippen molar-refractivity contribution in [1.82, 2.24) is 4.90 Å². The van der Waals surface area contributed by atoms with Crippen LogP contribution in [0.4, 0.5) is 0 Å². The molecule has 84 valence electrons. The Hall–Kier alpha value is -0.120. The summed E-state index contributed by atoms with van der Waals surface area (Å²) in [5.41, 5.74) is 5.63. The van der Waals surface area contributed by atoms with Gasteiger partial charge in [0.1, 0.15) is 0 Å². The largest absolute Gasteiger partial charge is 0.380 e. The first-order valence-electron chi connectivity index (χ1n) is 5.74. The van der Waals surface area contributed by atoms with Crippen molar-refractivity contribution < 1.29 is 4.74 Å². The molecule has 0 heterocycles. The van der Waals surface area contributed by atoms with Crippen LogP contribution in [0.25, 0.3) is 0 Å². The van der Waals surface area contributed by atoms with Crippen molar-refractivity contribution in [2.45, 2.75) is 44.8 Å². The molecule has 1 unspecified atom stereocenters. The average Bonchev–Trinajstić information content (AvgIpc) is 2.69. The fraction of sp³-hybridized carbons (Fsp3) is 1.00. The molecule has 1 rings (SSSR count). The Morgan fingerprint density at radius 3 is 2.57 bits per heavy atom. The van der Waals surface area contributed by atoms with Gasteiger partial charge < -0.3 is 10.5 Å². The molecule has 1 saturated carbocycles. The van der Waals surface area contributed by atoms with E-state index < -0.39 is 0 Å².